The maximum absolute atomic E-state index is 13.4. The minimum absolute atomic E-state index is 0.0466. The molecule has 2 aliphatic rings. The number of cyclic esters (lactones) is 1. The lowest BCUT2D eigenvalue weighted by molar-refractivity contribution is -0.183. The Hall–Kier alpha value is -3.25. The summed E-state index contributed by atoms with van der Waals surface area (Å²) in [5.41, 5.74) is -0.220. The van der Waals surface area contributed by atoms with E-state index >= 15 is 0 Å². The van der Waals surface area contributed by atoms with Crippen molar-refractivity contribution in [2.24, 2.45) is 11.8 Å². The molecule has 0 spiro atoms. The minimum Gasteiger partial charge on any atom is -0.493 e. The SMILES string of the molecule is COCCC(=O)Oc1c(OC)ccnc1C(=O)NC1CCCC(OCC(C)C)C(OC(=O)C2CCCC2)C(C)OC1=O. The molecule has 1 amide bonds. The Labute approximate surface area is 247 Å². The summed E-state index contributed by atoms with van der Waals surface area (Å²) in [6, 6.07) is 0.427. The first kappa shape index (κ1) is 33.3. The van der Waals surface area contributed by atoms with Gasteiger partial charge in [-0.05, 0) is 44.9 Å². The van der Waals surface area contributed by atoms with Gasteiger partial charge in [0.25, 0.3) is 5.91 Å². The van der Waals surface area contributed by atoms with Gasteiger partial charge in [-0.2, -0.15) is 0 Å². The molecule has 1 aliphatic heterocycles. The fraction of sp³-hybridized carbons (Fsp3) is 0.700. The smallest absolute Gasteiger partial charge is 0.329 e. The average Bonchev–Trinajstić information content (AvgIpc) is 3.51. The molecule has 1 aromatic heterocycles. The number of nitrogens with one attached hydrogen (secondary N) is 1. The van der Waals surface area contributed by atoms with Crippen LogP contribution in [0.25, 0.3) is 0 Å². The van der Waals surface area contributed by atoms with Gasteiger partial charge in [-0.3, -0.25) is 14.4 Å². The van der Waals surface area contributed by atoms with E-state index in [1.165, 1.54) is 26.5 Å². The zero-order valence-electron chi connectivity index (χ0n) is 25.2. The van der Waals surface area contributed by atoms with E-state index in [0.717, 1.165) is 25.7 Å². The number of hydrogen-bond donors (Lipinski definition) is 1. The van der Waals surface area contributed by atoms with E-state index in [9.17, 15) is 19.2 Å². The van der Waals surface area contributed by atoms with Crippen LogP contribution in [0.5, 0.6) is 11.5 Å². The highest BCUT2D eigenvalue weighted by molar-refractivity contribution is 5.98. The highest BCUT2D eigenvalue weighted by Gasteiger charge is 2.39. The Morgan fingerprint density at radius 2 is 1.83 bits per heavy atom. The summed E-state index contributed by atoms with van der Waals surface area (Å²) in [6.45, 7) is 6.31. The van der Waals surface area contributed by atoms with Crippen LogP contribution in [0.4, 0.5) is 0 Å². The van der Waals surface area contributed by atoms with Gasteiger partial charge < -0.3 is 33.7 Å². The highest BCUT2D eigenvalue weighted by Crippen LogP contribution is 2.31. The predicted octanol–water partition coefficient (Wildman–Crippen LogP) is 3.39. The number of esters is 3. The first-order valence-corrected chi connectivity index (χ1v) is 14.7. The summed E-state index contributed by atoms with van der Waals surface area (Å²) in [4.78, 5) is 56.0. The number of pyridine rings is 1. The van der Waals surface area contributed by atoms with Crippen LogP contribution in [0.3, 0.4) is 0 Å². The van der Waals surface area contributed by atoms with Gasteiger partial charge in [-0.1, -0.05) is 26.7 Å². The van der Waals surface area contributed by atoms with E-state index in [1.54, 1.807) is 6.92 Å². The summed E-state index contributed by atoms with van der Waals surface area (Å²) < 4.78 is 33.5. The van der Waals surface area contributed by atoms with Crippen LogP contribution in [0, 0.1) is 11.8 Å². The molecular weight excluding hydrogens is 548 g/mol. The van der Waals surface area contributed by atoms with Crippen LogP contribution in [0.1, 0.15) is 82.6 Å². The van der Waals surface area contributed by atoms with Gasteiger partial charge in [0.15, 0.2) is 17.5 Å². The molecule has 1 aliphatic carbocycles. The molecule has 1 aromatic rings. The number of carbonyl (C=O) groups excluding carboxylic acids is 4. The van der Waals surface area contributed by atoms with Crippen molar-refractivity contribution in [2.45, 2.75) is 96.5 Å². The molecule has 2 fully saturated rings. The lowest BCUT2D eigenvalue weighted by Gasteiger charge is -2.32. The lowest BCUT2D eigenvalue weighted by atomic mass is 10.0. The Balaban J connectivity index is 1.78. The van der Waals surface area contributed by atoms with E-state index in [0.29, 0.717) is 19.4 Å². The molecule has 1 saturated heterocycles. The molecule has 0 radical (unpaired) electrons. The van der Waals surface area contributed by atoms with Crippen molar-refractivity contribution in [3.8, 4) is 11.5 Å². The molecule has 1 saturated carbocycles. The van der Waals surface area contributed by atoms with Crippen molar-refractivity contribution in [3.05, 3.63) is 18.0 Å². The quantitative estimate of drug-likeness (QED) is 0.356. The normalized spacial score (nSPS) is 23.3. The van der Waals surface area contributed by atoms with Crippen molar-refractivity contribution >= 4 is 23.8 Å². The second-order valence-electron chi connectivity index (χ2n) is 11.2. The van der Waals surface area contributed by atoms with Crippen LogP contribution in [0.2, 0.25) is 0 Å². The van der Waals surface area contributed by atoms with Crippen LogP contribution in [0.15, 0.2) is 12.3 Å². The third-order valence-corrected chi connectivity index (χ3v) is 7.32. The number of methoxy groups -OCH3 is 2. The second-order valence-corrected chi connectivity index (χ2v) is 11.2. The third-order valence-electron chi connectivity index (χ3n) is 7.32. The molecular formula is C30H44N2O10. The van der Waals surface area contributed by atoms with Gasteiger partial charge in [0.2, 0.25) is 5.75 Å². The zero-order chi connectivity index (χ0) is 30.6. The van der Waals surface area contributed by atoms with E-state index in [4.69, 9.17) is 28.4 Å². The molecule has 12 heteroatoms. The summed E-state index contributed by atoms with van der Waals surface area (Å²) in [5.74, 6) is -2.29. The Morgan fingerprint density at radius 3 is 2.50 bits per heavy atom. The highest BCUT2D eigenvalue weighted by atomic mass is 16.6. The predicted molar refractivity (Wildman–Crippen MR) is 150 cm³/mol. The average molecular weight is 593 g/mol. The fourth-order valence-corrected chi connectivity index (χ4v) is 5.06. The molecule has 4 unspecified atom stereocenters. The maximum atomic E-state index is 13.4. The van der Waals surface area contributed by atoms with Gasteiger partial charge in [0, 0.05) is 26.0 Å². The maximum Gasteiger partial charge on any atom is 0.329 e. The molecule has 12 nitrogen and oxygen atoms in total. The van der Waals surface area contributed by atoms with Gasteiger partial charge in [0.1, 0.15) is 12.1 Å². The summed E-state index contributed by atoms with van der Waals surface area (Å²) in [5, 5.41) is 2.68. The molecule has 4 atom stereocenters. The number of aromatic nitrogens is 1. The van der Waals surface area contributed by atoms with E-state index in [-0.39, 0.29) is 54.4 Å². The van der Waals surface area contributed by atoms with Crippen molar-refractivity contribution < 1.29 is 47.6 Å². The third kappa shape index (κ3) is 9.38. The van der Waals surface area contributed by atoms with Crippen LogP contribution in [-0.2, 0) is 33.3 Å². The van der Waals surface area contributed by atoms with Crippen LogP contribution >= 0.6 is 0 Å². The fourth-order valence-electron chi connectivity index (χ4n) is 5.06. The number of amides is 1. The number of rotatable bonds is 12. The van der Waals surface area contributed by atoms with Gasteiger partial charge in [-0.15, -0.1) is 0 Å². The zero-order valence-corrected chi connectivity index (χ0v) is 25.2. The van der Waals surface area contributed by atoms with Crippen molar-refractivity contribution in [1.29, 1.82) is 0 Å². The topological polar surface area (TPSA) is 149 Å². The monoisotopic (exact) mass is 592 g/mol. The molecule has 2 heterocycles. The van der Waals surface area contributed by atoms with E-state index in [2.05, 4.69) is 10.3 Å². The number of hydrogen-bond acceptors (Lipinski definition) is 11. The first-order chi connectivity index (χ1) is 20.1. The Morgan fingerprint density at radius 1 is 1.10 bits per heavy atom. The van der Waals surface area contributed by atoms with Gasteiger partial charge >= 0.3 is 17.9 Å². The van der Waals surface area contributed by atoms with Crippen LogP contribution < -0.4 is 14.8 Å². The summed E-state index contributed by atoms with van der Waals surface area (Å²) in [7, 11) is 2.82. The van der Waals surface area contributed by atoms with Crippen molar-refractivity contribution in [2.75, 3.05) is 27.4 Å². The second kappa shape index (κ2) is 16.4. The standard InChI is InChI=1S/C30H44N2O10/c1-18(2)17-39-23-12-8-11-21(30(36)40-19(3)26(23)42-29(35)20-9-6-7-10-20)32-28(34)25-27(22(38-5)13-15-31-25)41-24(33)14-16-37-4/h13,15,18-21,23,26H,6-12,14,16-17H2,1-5H3,(H,32,34). The van der Waals surface area contributed by atoms with Gasteiger partial charge in [-0.25, -0.2) is 9.78 Å². The Bertz CT molecular complexity index is 1070. The molecule has 42 heavy (non-hydrogen) atoms. The molecule has 0 bridgehead atoms. The summed E-state index contributed by atoms with van der Waals surface area (Å²) >= 11 is 0. The number of ether oxygens (including phenoxy) is 6. The van der Waals surface area contributed by atoms with E-state index < -0.39 is 42.2 Å². The number of carbonyl (C=O) groups is 4. The molecule has 0 aromatic carbocycles. The molecule has 3 rings (SSSR count). The van der Waals surface area contributed by atoms with Crippen LogP contribution in [-0.4, -0.2) is 80.6 Å². The first-order valence-electron chi connectivity index (χ1n) is 14.7. The lowest BCUT2D eigenvalue weighted by Crippen LogP contribution is -2.46. The largest absolute Gasteiger partial charge is 0.493 e. The number of nitrogens with zero attached hydrogens (tertiary/aromatic N) is 1. The minimum atomic E-state index is -1.03. The van der Waals surface area contributed by atoms with Crippen molar-refractivity contribution in [3.63, 3.8) is 0 Å². The molecule has 1 N–H and O–H groups in total. The Kier molecular flexibility index (Phi) is 13.0. The van der Waals surface area contributed by atoms with Gasteiger partial charge in [0.05, 0.1) is 32.2 Å². The van der Waals surface area contributed by atoms with Crippen molar-refractivity contribution in [1.82, 2.24) is 10.3 Å². The van der Waals surface area contributed by atoms with E-state index in [1.807, 2.05) is 13.8 Å². The molecule has 234 valence electrons. The summed E-state index contributed by atoms with van der Waals surface area (Å²) in [6.07, 6.45) is 3.97.